The maximum absolute atomic E-state index is 12.1. The van der Waals surface area contributed by atoms with Crippen molar-refractivity contribution in [1.82, 2.24) is 4.57 Å². The lowest BCUT2D eigenvalue weighted by molar-refractivity contribution is 0.0601. The summed E-state index contributed by atoms with van der Waals surface area (Å²) in [5.41, 5.74) is 7.49. The van der Waals surface area contributed by atoms with Gasteiger partial charge in [-0.05, 0) is 30.3 Å². The summed E-state index contributed by atoms with van der Waals surface area (Å²) in [6.07, 6.45) is 1.66. The third-order valence-electron chi connectivity index (χ3n) is 2.89. The summed E-state index contributed by atoms with van der Waals surface area (Å²) in [7, 11) is 2.96. The van der Waals surface area contributed by atoms with Crippen molar-refractivity contribution < 1.29 is 9.53 Å². The van der Waals surface area contributed by atoms with Crippen molar-refractivity contribution in [2.24, 2.45) is 7.05 Å². The van der Waals surface area contributed by atoms with Crippen molar-refractivity contribution in [1.29, 1.82) is 0 Å². The highest BCUT2D eigenvalue weighted by molar-refractivity contribution is 5.92. The van der Waals surface area contributed by atoms with E-state index in [0.717, 1.165) is 0 Å². The first-order chi connectivity index (χ1) is 9.04. The molecule has 2 N–H and O–H groups in total. The Morgan fingerprint density at radius 2 is 2.00 bits per heavy atom. The van der Waals surface area contributed by atoms with Gasteiger partial charge in [0.1, 0.15) is 0 Å². The van der Waals surface area contributed by atoms with Crippen LogP contribution < -0.4 is 11.3 Å². The second-order valence-electron chi connectivity index (χ2n) is 4.13. The molecule has 1 aromatic heterocycles. The van der Waals surface area contributed by atoms with E-state index in [9.17, 15) is 9.59 Å². The van der Waals surface area contributed by atoms with Crippen LogP contribution in [0.2, 0.25) is 0 Å². The number of hydrogen-bond acceptors (Lipinski definition) is 4. The minimum Gasteiger partial charge on any atom is -0.465 e. The Kier molecular flexibility index (Phi) is 3.37. The van der Waals surface area contributed by atoms with Crippen LogP contribution in [-0.4, -0.2) is 17.6 Å². The second-order valence-corrected chi connectivity index (χ2v) is 4.13. The molecule has 2 rings (SSSR count). The molecule has 1 aromatic carbocycles. The SMILES string of the molecule is COC(=O)c1ccc(N)c(-c2cccn(C)c2=O)c1. The summed E-state index contributed by atoms with van der Waals surface area (Å²) < 4.78 is 6.12. The van der Waals surface area contributed by atoms with Crippen molar-refractivity contribution in [3.8, 4) is 11.1 Å². The molecule has 0 aliphatic carbocycles. The molecule has 0 fully saturated rings. The van der Waals surface area contributed by atoms with E-state index in [1.807, 2.05) is 0 Å². The number of carbonyl (C=O) groups excluding carboxylic acids is 1. The minimum atomic E-state index is -0.464. The van der Waals surface area contributed by atoms with Gasteiger partial charge >= 0.3 is 5.97 Å². The van der Waals surface area contributed by atoms with Crippen LogP contribution in [0, 0.1) is 0 Å². The number of methoxy groups -OCH3 is 1. The Hall–Kier alpha value is -2.56. The lowest BCUT2D eigenvalue weighted by Crippen LogP contribution is -2.18. The number of esters is 1. The monoisotopic (exact) mass is 258 g/mol. The van der Waals surface area contributed by atoms with E-state index < -0.39 is 5.97 Å². The molecular weight excluding hydrogens is 244 g/mol. The summed E-state index contributed by atoms with van der Waals surface area (Å²) in [5, 5.41) is 0. The zero-order chi connectivity index (χ0) is 14.0. The van der Waals surface area contributed by atoms with E-state index >= 15 is 0 Å². The first-order valence-electron chi connectivity index (χ1n) is 5.68. The van der Waals surface area contributed by atoms with Gasteiger partial charge in [0, 0.05) is 30.1 Å². The van der Waals surface area contributed by atoms with Crippen LogP contribution in [0.3, 0.4) is 0 Å². The zero-order valence-corrected chi connectivity index (χ0v) is 10.7. The molecule has 5 heteroatoms. The fourth-order valence-corrected chi connectivity index (χ4v) is 1.84. The summed E-state index contributed by atoms with van der Waals surface area (Å²) in [5.74, 6) is -0.464. The normalized spacial score (nSPS) is 10.2. The molecule has 0 saturated carbocycles. The van der Waals surface area contributed by atoms with Crippen LogP contribution in [0.1, 0.15) is 10.4 Å². The van der Waals surface area contributed by atoms with Gasteiger partial charge in [-0.2, -0.15) is 0 Å². The van der Waals surface area contributed by atoms with Crippen LogP contribution in [0.5, 0.6) is 0 Å². The van der Waals surface area contributed by atoms with Crippen LogP contribution in [-0.2, 0) is 11.8 Å². The largest absolute Gasteiger partial charge is 0.465 e. The quantitative estimate of drug-likeness (QED) is 0.653. The average Bonchev–Trinajstić information content (AvgIpc) is 2.42. The van der Waals surface area contributed by atoms with E-state index in [4.69, 9.17) is 5.73 Å². The van der Waals surface area contributed by atoms with Gasteiger partial charge < -0.3 is 15.0 Å². The van der Waals surface area contributed by atoms with Crippen molar-refractivity contribution in [2.45, 2.75) is 0 Å². The second kappa shape index (κ2) is 4.97. The molecule has 0 saturated heterocycles. The van der Waals surface area contributed by atoms with E-state index in [1.165, 1.54) is 11.7 Å². The van der Waals surface area contributed by atoms with E-state index in [1.54, 1.807) is 43.6 Å². The molecular formula is C14H14N2O3. The number of benzene rings is 1. The van der Waals surface area contributed by atoms with Gasteiger partial charge in [0.15, 0.2) is 0 Å². The molecule has 0 amide bonds. The van der Waals surface area contributed by atoms with Crippen LogP contribution in [0.4, 0.5) is 5.69 Å². The Balaban J connectivity index is 2.65. The number of aryl methyl sites for hydroxylation is 1. The van der Waals surface area contributed by atoms with Gasteiger partial charge in [0.2, 0.25) is 0 Å². The number of nitrogens with zero attached hydrogens (tertiary/aromatic N) is 1. The number of anilines is 1. The molecule has 0 bridgehead atoms. The highest BCUT2D eigenvalue weighted by Gasteiger charge is 2.12. The van der Waals surface area contributed by atoms with Gasteiger partial charge in [-0.15, -0.1) is 0 Å². The number of hydrogen-bond donors (Lipinski definition) is 1. The molecule has 0 atom stereocenters. The summed E-state index contributed by atoms with van der Waals surface area (Å²) in [6.45, 7) is 0. The van der Waals surface area contributed by atoms with E-state index in [0.29, 0.717) is 22.4 Å². The van der Waals surface area contributed by atoms with E-state index in [2.05, 4.69) is 4.74 Å². The van der Waals surface area contributed by atoms with Gasteiger partial charge in [0.25, 0.3) is 5.56 Å². The number of rotatable bonds is 2. The van der Waals surface area contributed by atoms with Crippen molar-refractivity contribution in [3.63, 3.8) is 0 Å². The van der Waals surface area contributed by atoms with Crippen molar-refractivity contribution in [3.05, 3.63) is 52.4 Å². The molecule has 0 unspecified atom stereocenters. The predicted octanol–water partition coefficient (Wildman–Crippen LogP) is 1.42. The maximum atomic E-state index is 12.1. The van der Waals surface area contributed by atoms with Gasteiger partial charge in [-0.25, -0.2) is 4.79 Å². The van der Waals surface area contributed by atoms with Crippen molar-refractivity contribution >= 4 is 11.7 Å². The fourth-order valence-electron chi connectivity index (χ4n) is 1.84. The Morgan fingerprint density at radius 1 is 1.26 bits per heavy atom. The molecule has 5 nitrogen and oxygen atoms in total. The van der Waals surface area contributed by atoms with Gasteiger partial charge in [-0.1, -0.05) is 0 Å². The molecule has 2 aromatic rings. The average molecular weight is 258 g/mol. The lowest BCUT2D eigenvalue weighted by Gasteiger charge is -2.08. The van der Waals surface area contributed by atoms with Gasteiger partial charge in [0.05, 0.1) is 12.7 Å². The Bertz CT molecular complexity index is 689. The molecule has 0 aliphatic rings. The first-order valence-corrected chi connectivity index (χ1v) is 5.68. The standard InChI is InChI=1S/C14H14N2O3/c1-16-7-3-4-10(13(16)17)11-8-9(14(18)19-2)5-6-12(11)15/h3-8H,15H2,1-2H3. The van der Waals surface area contributed by atoms with Crippen LogP contribution >= 0.6 is 0 Å². The van der Waals surface area contributed by atoms with Crippen molar-refractivity contribution in [2.75, 3.05) is 12.8 Å². The topological polar surface area (TPSA) is 74.3 Å². The summed E-state index contributed by atoms with van der Waals surface area (Å²) in [6, 6.07) is 8.15. The number of nitrogen functional groups attached to an aromatic ring is 1. The fraction of sp³-hybridized carbons (Fsp3) is 0.143. The molecule has 1 heterocycles. The number of carbonyl (C=O) groups is 1. The molecule has 0 radical (unpaired) electrons. The van der Waals surface area contributed by atoms with Crippen LogP contribution in [0.25, 0.3) is 11.1 Å². The molecule has 19 heavy (non-hydrogen) atoms. The summed E-state index contributed by atoms with van der Waals surface area (Å²) in [4.78, 5) is 23.6. The maximum Gasteiger partial charge on any atom is 0.337 e. The molecule has 0 spiro atoms. The Morgan fingerprint density at radius 3 is 2.68 bits per heavy atom. The predicted molar refractivity (Wildman–Crippen MR) is 72.9 cm³/mol. The number of ether oxygens (including phenoxy) is 1. The number of pyridine rings is 1. The van der Waals surface area contributed by atoms with E-state index in [-0.39, 0.29) is 5.56 Å². The summed E-state index contributed by atoms with van der Waals surface area (Å²) >= 11 is 0. The molecule has 0 aliphatic heterocycles. The van der Waals surface area contributed by atoms with Gasteiger partial charge in [-0.3, -0.25) is 4.79 Å². The lowest BCUT2D eigenvalue weighted by atomic mass is 10.0. The molecule has 98 valence electrons. The minimum absolute atomic E-state index is 0.170. The smallest absolute Gasteiger partial charge is 0.337 e. The highest BCUT2D eigenvalue weighted by atomic mass is 16.5. The zero-order valence-electron chi connectivity index (χ0n) is 10.7. The third kappa shape index (κ3) is 2.35. The first kappa shape index (κ1) is 12.9. The third-order valence-corrected chi connectivity index (χ3v) is 2.89. The number of aromatic nitrogens is 1. The Labute approximate surface area is 110 Å². The number of nitrogens with two attached hydrogens (primary N) is 1. The van der Waals surface area contributed by atoms with Crippen LogP contribution in [0.15, 0.2) is 41.3 Å². The highest BCUT2D eigenvalue weighted by Crippen LogP contribution is 2.24.